The molecule has 1 aromatic carbocycles. The van der Waals surface area contributed by atoms with Crippen molar-refractivity contribution in [1.82, 2.24) is 9.99 Å². The van der Waals surface area contributed by atoms with Gasteiger partial charge in [0.2, 0.25) is 5.91 Å². The molecule has 0 saturated carbocycles. The SMILES string of the molecule is O=C1C(Cc2ccncc2)c2ccccc2N1N1CCOCC1. The molecule has 0 N–H and O–H groups in total. The highest BCUT2D eigenvalue weighted by molar-refractivity contribution is 6.04. The first-order valence-corrected chi connectivity index (χ1v) is 7.99. The van der Waals surface area contributed by atoms with Crippen LogP contribution in [0.3, 0.4) is 0 Å². The van der Waals surface area contributed by atoms with Gasteiger partial charge in [0.1, 0.15) is 0 Å². The minimum atomic E-state index is -0.128. The molecular formula is C18H19N3O2. The number of para-hydroxylation sites is 1. The molecule has 0 spiro atoms. The normalized spacial score (nSPS) is 21.5. The Bertz CT molecular complexity index is 698. The molecule has 118 valence electrons. The average Bonchev–Trinajstić information content (AvgIpc) is 2.89. The van der Waals surface area contributed by atoms with E-state index < -0.39 is 0 Å². The van der Waals surface area contributed by atoms with E-state index in [9.17, 15) is 4.79 Å². The average molecular weight is 309 g/mol. The first-order chi connectivity index (χ1) is 11.3. The Morgan fingerprint density at radius 1 is 1.09 bits per heavy atom. The van der Waals surface area contributed by atoms with Crippen LogP contribution in [0, 0.1) is 0 Å². The van der Waals surface area contributed by atoms with Gasteiger partial charge >= 0.3 is 0 Å². The lowest BCUT2D eigenvalue weighted by Gasteiger charge is -2.35. The van der Waals surface area contributed by atoms with Crippen LogP contribution in [-0.4, -0.2) is 42.2 Å². The van der Waals surface area contributed by atoms with Crippen molar-refractivity contribution in [1.29, 1.82) is 0 Å². The van der Waals surface area contributed by atoms with Crippen molar-refractivity contribution < 1.29 is 9.53 Å². The predicted octanol–water partition coefficient (Wildman–Crippen LogP) is 2.00. The fraction of sp³-hybridized carbons (Fsp3) is 0.333. The lowest BCUT2D eigenvalue weighted by Crippen LogP contribution is -2.51. The number of carbonyl (C=O) groups excluding carboxylic acids is 1. The van der Waals surface area contributed by atoms with Gasteiger partial charge in [0, 0.05) is 25.5 Å². The molecule has 1 saturated heterocycles. The van der Waals surface area contributed by atoms with Crippen LogP contribution in [0.2, 0.25) is 0 Å². The number of nitrogens with zero attached hydrogens (tertiary/aromatic N) is 3. The molecule has 0 bridgehead atoms. The molecule has 23 heavy (non-hydrogen) atoms. The highest BCUT2D eigenvalue weighted by Gasteiger charge is 2.40. The van der Waals surface area contributed by atoms with Crippen molar-refractivity contribution >= 4 is 11.6 Å². The number of hydrazine groups is 1. The van der Waals surface area contributed by atoms with Crippen LogP contribution in [0.15, 0.2) is 48.8 Å². The Labute approximate surface area is 135 Å². The number of fused-ring (bicyclic) bond motifs is 1. The molecule has 2 aliphatic heterocycles. The van der Waals surface area contributed by atoms with E-state index in [4.69, 9.17) is 4.74 Å². The quantitative estimate of drug-likeness (QED) is 0.870. The lowest BCUT2D eigenvalue weighted by atomic mass is 9.94. The van der Waals surface area contributed by atoms with Crippen LogP contribution in [0.4, 0.5) is 5.69 Å². The summed E-state index contributed by atoms with van der Waals surface area (Å²) in [4.78, 5) is 17.1. The lowest BCUT2D eigenvalue weighted by molar-refractivity contribution is -0.123. The molecule has 1 amide bonds. The topological polar surface area (TPSA) is 45.7 Å². The van der Waals surface area contributed by atoms with E-state index in [0.29, 0.717) is 19.6 Å². The Morgan fingerprint density at radius 2 is 1.83 bits per heavy atom. The molecule has 1 fully saturated rings. The molecule has 1 unspecified atom stereocenters. The molecule has 2 aliphatic rings. The number of rotatable bonds is 3. The monoisotopic (exact) mass is 309 g/mol. The summed E-state index contributed by atoms with van der Waals surface area (Å²) in [6.45, 7) is 2.84. The molecule has 1 atom stereocenters. The number of carbonyl (C=O) groups is 1. The van der Waals surface area contributed by atoms with Crippen LogP contribution >= 0.6 is 0 Å². The van der Waals surface area contributed by atoms with Crippen LogP contribution in [-0.2, 0) is 16.0 Å². The third-order valence-corrected chi connectivity index (χ3v) is 4.51. The molecule has 0 radical (unpaired) electrons. The van der Waals surface area contributed by atoms with E-state index >= 15 is 0 Å². The van der Waals surface area contributed by atoms with Crippen molar-refractivity contribution in [3.05, 3.63) is 59.9 Å². The first kappa shape index (κ1) is 14.4. The van der Waals surface area contributed by atoms with Gasteiger partial charge in [-0.05, 0) is 35.7 Å². The third-order valence-electron chi connectivity index (χ3n) is 4.51. The fourth-order valence-electron chi connectivity index (χ4n) is 3.37. The number of pyridine rings is 1. The summed E-state index contributed by atoms with van der Waals surface area (Å²) in [7, 11) is 0. The highest BCUT2D eigenvalue weighted by atomic mass is 16.5. The summed E-state index contributed by atoms with van der Waals surface area (Å²) in [6.07, 6.45) is 4.26. The molecule has 2 aromatic rings. The van der Waals surface area contributed by atoms with Crippen molar-refractivity contribution in [2.45, 2.75) is 12.3 Å². The van der Waals surface area contributed by atoms with Crippen molar-refractivity contribution in [3.8, 4) is 0 Å². The van der Waals surface area contributed by atoms with Crippen LogP contribution in [0.1, 0.15) is 17.0 Å². The Morgan fingerprint density at radius 3 is 2.61 bits per heavy atom. The van der Waals surface area contributed by atoms with Gasteiger partial charge in [-0.3, -0.25) is 9.78 Å². The maximum atomic E-state index is 13.1. The summed E-state index contributed by atoms with van der Waals surface area (Å²) >= 11 is 0. The Hall–Kier alpha value is -2.24. The minimum absolute atomic E-state index is 0.128. The standard InChI is InChI=1S/C18H19N3O2/c22-18-16(13-14-5-7-19-8-6-14)15-3-1-2-4-17(15)21(18)20-9-11-23-12-10-20/h1-8,16H,9-13H2. The number of benzene rings is 1. The van der Waals surface area contributed by atoms with Gasteiger partial charge in [0.05, 0.1) is 24.8 Å². The van der Waals surface area contributed by atoms with Gasteiger partial charge in [0.25, 0.3) is 0 Å². The summed E-state index contributed by atoms with van der Waals surface area (Å²) in [5, 5.41) is 3.97. The molecule has 5 nitrogen and oxygen atoms in total. The van der Waals surface area contributed by atoms with Crippen LogP contribution in [0.25, 0.3) is 0 Å². The van der Waals surface area contributed by atoms with E-state index in [1.54, 1.807) is 12.4 Å². The smallest absolute Gasteiger partial charge is 0.249 e. The number of ether oxygens (including phenoxy) is 1. The van der Waals surface area contributed by atoms with Crippen molar-refractivity contribution in [2.24, 2.45) is 0 Å². The molecule has 3 heterocycles. The third kappa shape index (κ3) is 2.62. The van der Waals surface area contributed by atoms with Gasteiger partial charge in [-0.2, -0.15) is 0 Å². The van der Waals surface area contributed by atoms with Gasteiger partial charge in [0.15, 0.2) is 0 Å². The van der Waals surface area contributed by atoms with Gasteiger partial charge in [-0.15, -0.1) is 0 Å². The molecule has 4 rings (SSSR count). The van der Waals surface area contributed by atoms with Gasteiger partial charge < -0.3 is 4.74 Å². The zero-order chi connectivity index (χ0) is 15.6. The van der Waals surface area contributed by atoms with Crippen molar-refractivity contribution in [3.63, 3.8) is 0 Å². The van der Waals surface area contributed by atoms with E-state index in [1.165, 1.54) is 0 Å². The Balaban J connectivity index is 1.67. The number of aromatic nitrogens is 1. The molecule has 0 aliphatic carbocycles. The van der Waals surface area contributed by atoms with Gasteiger partial charge in [-0.25, -0.2) is 10.0 Å². The maximum absolute atomic E-state index is 13.1. The van der Waals surface area contributed by atoms with Crippen LogP contribution < -0.4 is 5.01 Å². The minimum Gasteiger partial charge on any atom is -0.379 e. The highest BCUT2D eigenvalue weighted by Crippen LogP contribution is 2.40. The zero-order valence-electron chi connectivity index (χ0n) is 12.9. The number of hydrogen-bond acceptors (Lipinski definition) is 4. The Kier molecular flexibility index (Phi) is 3.81. The summed E-state index contributed by atoms with van der Waals surface area (Å²) in [6, 6.07) is 12.1. The molecule has 5 heteroatoms. The fourth-order valence-corrected chi connectivity index (χ4v) is 3.37. The number of amides is 1. The van der Waals surface area contributed by atoms with E-state index in [2.05, 4.69) is 16.1 Å². The second kappa shape index (κ2) is 6.10. The maximum Gasteiger partial charge on any atom is 0.249 e. The van der Waals surface area contributed by atoms with E-state index in [-0.39, 0.29) is 11.8 Å². The second-order valence-electron chi connectivity index (χ2n) is 5.89. The summed E-state index contributed by atoms with van der Waals surface area (Å²) in [5.41, 5.74) is 3.26. The van der Waals surface area contributed by atoms with Crippen molar-refractivity contribution in [2.75, 3.05) is 31.3 Å². The van der Waals surface area contributed by atoms with E-state index in [0.717, 1.165) is 29.9 Å². The first-order valence-electron chi connectivity index (χ1n) is 7.99. The zero-order valence-corrected chi connectivity index (χ0v) is 12.9. The number of morpholine rings is 1. The summed E-state index contributed by atoms with van der Waals surface area (Å²) in [5.74, 6) is 0.0290. The number of anilines is 1. The number of hydrogen-bond donors (Lipinski definition) is 0. The van der Waals surface area contributed by atoms with Crippen LogP contribution in [0.5, 0.6) is 0 Å². The molecule has 1 aromatic heterocycles. The summed E-state index contributed by atoms with van der Waals surface area (Å²) < 4.78 is 5.42. The second-order valence-corrected chi connectivity index (χ2v) is 5.89. The van der Waals surface area contributed by atoms with E-state index in [1.807, 2.05) is 35.3 Å². The largest absolute Gasteiger partial charge is 0.379 e. The van der Waals surface area contributed by atoms with Gasteiger partial charge in [-0.1, -0.05) is 18.2 Å². The predicted molar refractivity (Wildman–Crippen MR) is 87.0 cm³/mol. The molecular weight excluding hydrogens is 290 g/mol.